The molecule has 5 nitrogen and oxygen atoms in total. The molecule has 0 unspecified atom stereocenters. The second-order valence-corrected chi connectivity index (χ2v) is 6.11. The minimum atomic E-state index is -3.83. The van der Waals surface area contributed by atoms with E-state index in [0.717, 1.165) is 0 Å². The van der Waals surface area contributed by atoms with Gasteiger partial charge in [-0.1, -0.05) is 0 Å². The molecule has 0 aliphatic rings. The van der Waals surface area contributed by atoms with Gasteiger partial charge in [-0.2, -0.15) is 0 Å². The van der Waals surface area contributed by atoms with E-state index in [4.69, 9.17) is 15.8 Å². The number of aromatic nitrogens is 1. The monoisotopic (exact) mass is 273 g/mol. The van der Waals surface area contributed by atoms with E-state index in [0.29, 0.717) is 16.5 Å². The third-order valence-electron chi connectivity index (χ3n) is 2.52. The van der Waals surface area contributed by atoms with Gasteiger partial charge in [-0.25, -0.2) is 13.2 Å². The zero-order valence-electron chi connectivity index (χ0n) is 8.69. The predicted octanol–water partition coefficient (Wildman–Crippen LogP) is 2.10. The number of H-pyrrole nitrogens is 1. The summed E-state index contributed by atoms with van der Waals surface area (Å²) in [5.74, 6) is -1.10. The largest absolute Gasteiger partial charge is 0.477 e. The van der Waals surface area contributed by atoms with Gasteiger partial charge in [-0.3, -0.25) is 0 Å². The van der Waals surface area contributed by atoms with Gasteiger partial charge in [0, 0.05) is 21.6 Å². The number of carboxylic acids is 1. The van der Waals surface area contributed by atoms with Gasteiger partial charge in [0.2, 0.25) is 0 Å². The van der Waals surface area contributed by atoms with Gasteiger partial charge in [0.05, 0.1) is 4.90 Å². The molecular weight excluding hydrogens is 266 g/mol. The zero-order chi connectivity index (χ0) is 12.8. The Morgan fingerprint density at radius 3 is 2.59 bits per heavy atom. The van der Waals surface area contributed by atoms with Crippen molar-refractivity contribution in [2.24, 2.45) is 0 Å². The molecule has 2 aromatic rings. The average Bonchev–Trinajstić information content (AvgIpc) is 2.60. The zero-order valence-corrected chi connectivity index (χ0v) is 10.3. The number of aromatic amines is 1. The van der Waals surface area contributed by atoms with E-state index < -0.39 is 15.0 Å². The lowest BCUT2D eigenvalue weighted by Gasteiger charge is -2.02. The Bertz CT molecular complexity index is 717. The summed E-state index contributed by atoms with van der Waals surface area (Å²) in [5.41, 5.74) is 0.998. The summed E-state index contributed by atoms with van der Waals surface area (Å²) >= 11 is 0. The van der Waals surface area contributed by atoms with Crippen LogP contribution in [-0.2, 0) is 9.05 Å². The van der Waals surface area contributed by atoms with Gasteiger partial charge >= 0.3 is 5.97 Å². The highest BCUT2D eigenvalue weighted by Crippen LogP contribution is 2.27. The van der Waals surface area contributed by atoms with Crippen LogP contribution in [0.3, 0.4) is 0 Å². The summed E-state index contributed by atoms with van der Waals surface area (Å²) in [4.78, 5) is 13.5. The lowest BCUT2D eigenvalue weighted by atomic mass is 10.1. The lowest BCUT2D eigenvalue weighted by Crippen LogP contribution is -1.94. The molecule has 0 saturated carbocycles. The second kappa shape index (κ2) is 3.75. The molecule has 0 atom stereocenters. The molecule has 2 N–H and O–H groups in total. The Morgan fingerprint density at radius 2 is 2.06 bits per heavy atom. The van der Waals surface area contributed by atoms with Crippen LogP contribution in [0.15, 0.2) is 23.1 Å². The van der Waals surface area contributed by atoms with Gasteiger partial charge in [-0.05, 0) is 30.7 Å². The van der Waals surface area contributed by atoms with Gasteiger partial charge in [0.25, 0.3) is 9.05 Å². The molecular formula is C10H8ClNO4S. The highest BCUT2D eigenvalue weighted by Gasteiger charge is 2.17. The fourth-order valence-corrected chi connectivity index (χ4v) is 2.92. The molecule has 0 aliphatic carbocycles. The molecule has 17 heavy (non-hydrogen) atoms. The SMILES string of the molecule is Cc1c(S(=O)(=O)Cl)ccc2[nH]c(C(=O)O)cc12. The Morgan fingerprint density at radius 1 is 1.41 bits per heavy atom. The number of halogens is 1. The van der Waals surface area contributed by atoms with Gasteiger partial charge < -0.3 is 10.1 Å². The number of nitrogens with one attached hydrogen (secondary N) is 1. The number of carboxylic acid groups (broad SMARTS) is 1. The molecule has 90 valence electrons. The Balaban J connectivity index is 2.80. The van der Waals surface area contributed by atoms with Crippen molar-refractivity contribution < 1.29 is 18.3 Å². The number of hydrogen-bond donors (Lipinski definition) is 2. The molecule has 1 heterocycles. The molecule has 0 spiro atoms. The number of hydrogen-bond acceptors (Lipinski definition) is 3. The Hall–Kier alpha value is -1.53. The van der Waals surface area contributed by atoms with Crippen LogP contribution in [-0.4, -0.2) is 24.5 Å². The fourth-order valence-electron chi connectivity index (χ4n) is 1.71. The van der Waals surface area contributed by atoms with E-state index in [2.05, 4.69) is 4.98 Å². The van der Waals surface area contributed by atoms with Crippen molar-refractivity contribution in [3.63, 3.8) is 0 Å². The van der Waals surface area contributed by atoms with Crippen LogP contribution in [0, 0.1) is 6.92 Å². The van der Waals surface area contributed by atoms with E-state index in [1.165, 1.54) is 18.2 Å². The van der Waals surface area contributed by atoms with Crippen LogP contribution in [0.25, 0.3) is 10.9 Å². The third kappa shape index (κ3) is 2.01. The number of aryl methyl sites for hydroxylation is 1. The fraction of sp³-hybridized carbons (Fsp3) is 0.100. The normalized spacial score (nSPS) is 11.9. The molecule has 0 aliphatic heterocycles. The number of fused-ring (bicyclic) bond motifs is 1. The maximum absolute atomic E-state index is 11.3. The highest BCUT2D eigenvalue weighted by atomic mass is 35.7. The van der Waals surface area contributed by atoms with Crippen molar-refractivity contribution in [2.45, 2.75) is 11.8 Å². The van der Waals surface area contributed by atoms with Crippen molar-refractivity contribution in [2.75, 3.05) is 0 Å². The first kappa shape index (κ1) is 11.9. The molecule has 1 aromatic heterocycles. The third-order valence-corrected chi connectivity index (χ3v) is 3.98. The number of carbonyl (C=O) groups is 1. The van der Waals surface area contributed by atoms with Crippen molar-refractivity contribution in [1.82, 2.24) is 4.98 Å². The molecule has 0 saturated heterocycles. The maximum Gasteiger partial charge on any atom is 0.352 e. The van der Waals surface area contributed by atoms with Crippen molar-refractivity contribution >= 4 is 36.6 Å². The quantitative estimate of drug-likeness (QED) is 0.820. The average molecular weight is 274 g/mol. The van der Waals surface area contributed by atoms with E-state index in [9.17, 15) is 13.2 Å². The molecule has 0 amide bonds. The standard InChI is InChI=1S/C10H8ClNO4S/c1-5-6-4-8(10(13)14)12-7(6)2-3-9(5)17(11,15)16/h2-4,12H,1H3,(H,13,14). The van der Waals surface area contributed by atoms with E-state index in [-0.39, 0.29) is 10.6 Å². The topological polar surface area (TPSA) is 87.2 Å². The summed E-state index contributed by atoms with van der Waals surface area (Å²) in [5, 5.41) is 9.36. The first-order valence-corrected chi connectivity index (χ1v) is 6.92. The minimum absolute atomic E-state index is 0.00669. The maximum atomic E-state index is 11.3. The highest BCUT2D eigenvalue weighted by molar-refractivity contribution is 8.13. The molecule has 2 rings (SSSR count). The summed E-state index contributed by atoms with van der Waals surface area (Å²) in [6.07, 6.45) is 0. The number of rotatable bonds is 2. The van der Waals surface area contributed by atoms with E-state index in [1.807, 2.05) is 0 Å². The van der Waals surface area contributed by atoms with E-state index >= 15 is 0 Å². The van der Waals surface area contributed by atoms with Crippen molar-refractivity contribution in [3.8, 4) is 0 Å². The van der Waals surface area contributed by atoms with Crippen LogP contribution in [0.1, 0.15) is 16.1 Å². The van der Waals surface area contributed by atoms with Crippen molar-refractivity contribution in [3.05, 3.63) is 29.5 Å². The van der Waals surface area contributed by atoms with Crippen LogP contribution in [0.5, 0.6) is 0 Å². The summed E-state index contributed by atoms with van der Waals surface area (Å²) < 4.78 is 22.6. The molecule has 7 heteroatoms. The summed E-state index contributed by atoms with van der Waals surface area (Å²) in [6, 6.07) is 4.23. The van der Waals surface area contributed by atoms with Crippen LogP contribution < -0.4 is 0 Å². The van der Waals surface area contributed by atoms with Crippen LogP contribution in [0.2, 0.25) is 0 Å². The van der Waals surface area contributed by atoms with Gasteiger partial charge in [-0.15, -0.1) is 0 Å². The Labute approximate surface area is 101 Å². The lowest BCUT2D eigenvalue weighted by molar-refractivity contribution is 0.0691. The first-order chi connectivity index (χ1) is 7.80. The van der Waals surface area contributed by atoms with Crippen LogP contribution in [0.4, 0.5) is 0 Å². The van der Waals surface area contributed by atoms with Gasteiger partial charge in [0.1, 0.15) is 5.69 Å². The minimum Gasteiger partial charge on any atom is -0.477 e. The molecule has 0 bridgehead atoms. The van der Waals surface area contributed by atoms with Crippen molar-refractivity contribution in [1.29, 1.82) is 0 Å². The first-order valence-electron chi connectivity index (χ1n) is 4.61. The molecule has 0 radical (unpaired) electrons. The second-order valence-electron chi connectivity index (χ2n) is 3.58. The Kier molecular flexibility index (Phi) is 2.63. The smallest absolute Gasteiger partial charge is 0.352 e. The van der Waals surface area contributed by atoms with Crippen LogP contribution >= 0.6 is 10.7 Å². The molecule has 1 aromatic carbocycles. The number of aromatic carboxylic acids is 1. The van der Waals surface area contributed by atoms with E-state index in [1.54, 1.807) is 6.92 Å². The molecule has 0 fully saturated rings. The van der Waals surface area contributed by atoms with Gasteiger partial charge in [0.15, 0.2) is 0 Å². The predicted molar refractivity (Wildman–Crippen MR) is 63.0 cm³/mol. The summed E-state index contributed by atoms with van der Waals surface area (Å²) in [6.45, 7) is 1.58. The number of benzene rings is 1. The summed E-state index contributed by atoms with van der Waals surface area (Å²) in [7, 11) is 1.45.